The lowest BCUT2D eigenvalue weighted by atomic mass is 9.87. The maximum absolute atomic E-state index is 11.5. The number of hydrogen-bond donors (Lipinski definition) is 3. The molecule has 0 aliphatic heterocycles. The van der Waals surface area contributed by atoms with Crippen molar-refractivity contribution >= 4 is 6.03 Å². The van der Waals surface area contributed by atoms with E-state index >= 15 is 0 Å². The Kier molecular flexibility index (Phi) is 5.60. The van der Waals surface area contributed by atoms with Gasteiger partial charge in [-0.1, -0.05) is 6.92 Å². The lowest BCUT2D eigenvalue weighted by Crippen LogP contribution is -2.44. The van der Waals surface area contributed by atoms with Crippen molar-refractivity contribution in [2.24, 2.45) is 5.92 Å². The van der Waals surface area contributed by atoms with Crippen molar-refractivity contribution in [2.45, 2.75) is 58.1 Å². The summed E-state index contributed by atoms with van der Waals surface area (Å²) in [5, 5.41) is 14.8. The van der Waals surface area contributed by atoms with Crippen molar-refractivity contribution in [3.8, 4) is 0 Å². The summed E-state index contributed by atoms with van der Waals surface area (Å²) in [5.41, 5.74) is 0. The molecule has 1 unspecified atom stereocenters. The fraction of sp³-hybridized carbons (Fsp3) is 0.917. The fourth-order valence-electron chi connectivity index (χ4n) is 2.04. The maximum Gasteiger partial charge on any atom is 0.315 e. The molecule has 1 aliphatic carbocycles. The fourth-order valence-corrected chi connectivity index (χ4v) is 2.04. The molecule has 2 amide bonds. The van der Waals surface area contributed by atoms with Gasteiger partial charge in [-0.05, 0) is 44.9 Å². The highest BCUT2D eigenvalue weighted by Crippen LogP contribution is 2.23. The van der Waals surface area contributed by atoms with Crippen molar-refractivity contribution in [1.29, 1.82) is 0 Å². The Morgan fingerprint density at radius 1 is 1.38 bits per heavy atom. The molecule has 0 aromatic heterocycles. The summed E-state index contributed by atoms with van der Waals surface area (Å²) in [5.74, 6) is 0.802. The average molecular weight is 228 g/mol. The molecular formula is C12H24N2O2. The molecule has 16 heavy (non-hydrogen) atoms. The number of aliphatic hydroxyl groups excluding tert-OH is 1. The Morgan fingerprint density at radius 2 is 2.00 bits per heavy atom. The normalized spacial score (nSPS) is 27.2. The van der Waals surface area contributed by atoms with Gasteiger partial charge in [0, 0.05) is 12.6 Å². The summed E-state index contributed by atoms with van der Waals surface area (Å²) in [6.07, 6.45) is 4.85. The van der Waals surface area contributed by atoms with E-state index in [9.17, 15) is 4.79 Å². The van der Waals surface area contributed by atoms with Crippen LogP contribution in [0.25, 0.3) is 0 Å². The van der Waals surface area contributed by atoms with Crippen LogP contribution in [0.15, 0.2) is 0 Å². The van der Waals surface area contributed by atoms with E-state index in [-0.39, 0.29) is 12.1 Å². The first-order valence-corrected chi connectivity index (χ1v) is 6.30. The van der Waals surface area contributed by atoms with Crippen LogP contribution in [0, 0.1) is 5.92 Å². The van der Waals surface area contributed by atoms with Gasteiger partial charge in [-0.15, -0.1) is 0 Å². The molecule has 4 heteroatoms. The van der Waals surface area contributed by atoms with Crippen LogP contribution in [-0.2, 0) is 0 Å². The second-order valence-corrected chi connectivity index (χ2v) is 4.99. The van der Waals surface area contributed by atoms with Crippen LogP contribution in [0.2, 0.25) is 0 Å². The highest BCUT2D eigenvalue weighted by Gasteiger charge is 2.19. The molecule has 4 nitrogen and oxygen atoms in total. The molecule has 3 N–H and O–H groups in total. The van der Waals surface area contributed by atoms with Crippen molar-refractivity contribution < 1.29 is 9.90 Å². The van der Waals surface area contributed by atoms with Gasteiger partial charge < -0.3 is 15.7 Å². The Hall–Kier alpha value is -0.770. The largest absolute Gasteiger partial charge is 0.393 e. The monoisotopic (exact) mass is 228 g/mol. The smallest absolute Gasteiger partial charge is 0.315 e. The van der Waals surface area contributed by atoms with Crippen molar-refractivity contribution in [3.05, 3.63) is 0 Å². The predicted molar refractivity (Wildman–Crippen MR) is 64.3 cm³/mol. The van der Waals surface area contributed by atoms with Gasteiger partial charge in [0.25, 0.3) is 0 Å². The van der Waals surface area contributed by atoms with Gasteiger partial charge in [0.15, 0.2) is 0 Å². The van der Waals surface area contributed by atoms with Crippen molar-refractivity contribution in [1.82, 2.24) is 10.6 Å². The van der Waals surface area contributed by atoms with Crippen molar-refractivity contribution in [2.75, 3.05) is 6.54 Å². The Bertz CT molecular complexity index is 211. The van der Waals surface area contributed by atoms with Crippen LogP contribution in [0.3, 0.4) is 0 Å². The lowest BCUT2D eigenvalue weighted by molar-refractivity contribution is 0.182. The standard InChI is InChI=1S/C12H24N2O2/c1-9-3-5-11(6-4-9)14-12(16)13-8-7-10(2)15/h9-11,15H,3-8H2,1-2H3,(H2,13,14,16). The number of carbonyl (C=O) groups is 1. The summed E-state index contributed by atoms with van der Waals surface area (Å²) in [7, 11) is 0. The molecule has 1 rings (SSSR count). The molecule has 0 saturated heterocycles. The van der Waals surface area contributed by atoms with Crippen LogP contribution in [-0.4, -0.2) is 29.8 Å². The van der Waals surface area contributed by atoms with E-state index in [0.29, 0.717) is 19.0 Å². The summed E-state index contributed by atoms with van der Waals surface area (Å²) in [4.78, 5) is 11.5. The number of aliphatic hydroxyl groups is 1. The number of nitrogens with one attached hydrogen (secondary N) is 2. The SMILES string of the molecule is CC(O)CCNC(=O)NC1CCC(C)CC1. The second kappa shape index (κ2) is 6.74. The first-order valence-electron chi connectivity index (χ1n) is 6.30. The highest BCUT2D eigenvalue weighted by molar-refractivity contribution is 5.74. The van der Waals surface area contributed by atoms with Gasteiger partial charge in [0.1, 0.15) is 0 Å². The molecule has 94 valence electrons. The zero-order chi connectivity index (χ0) is 12.0. The third-order valence-electron chi connectivity index (χ3n) is 3.20. The molecular weight excluding hydrogens is 204 g/mol. The van der Waals surface area contributed by atoms with E-state index in [1.807, 2.05) is 0 Å². The lowest BCUT2D eigenvalue weighted by Gasteiger charge is -2.26. The van der Waals surface area contributed by atoms with Gasteiger partial charge in [-0.25, -0.2) is 4.79 Å². The molecule has 0 spiro atoms. The highest BCUT2D eigenvalue weighted by atomic mass is 16.3. The summed E-state index contributed by atoms with van der Waals surface area (Å²) in [6, 6.07) is 0.239. The Labute approximate surface area is 97.8 Å². The van der Waals surface area contributed by atoms with E-state index in [0.717, 1.165) is 18.8 Å². The topological polar surface area (TPSA) is 61.4 Å². The van der Waals surface area contributed by atoms with Gasteiger partial charge >= 0.3 is 6.03 Å². The molecule has 1 atom stereocenters. The molecule has 0 bridgehead atoms. The first-order chi connectivity index (χ1) is 7.58. The molecule has 1 aliphatic rings. The molecule has 0 aromatic carbocycles. The number of amides is 2. The zero-order valence-corrected chi connectivity index (χ0v) is 10.3. The second-order valence-electron chi connectivity index (χ2n) is 4.99. The quantitative estimate of drug-likeness (QED) is 0.685. The summed E-state index contributed by atoms with van der Waals surface area (Å²) < 4.78 is 0. The number of hydrogen-bond acceptors (Lipinski definition) is 2. The average Bonchev–Trinajstić information content (AvgIpc) is 2.21. The van der Waals surface area contributed by atoms with Crippen LogP contribution in [0.5, 0.6) is 0 Å². The minimum atomic E-state index is -0.351. The van der Waals surface area contributed by atoms with Gasteiger partial charge in [0.05, 0.1) is 6.10 Å². The van der Waals surface area contributed by atoms with Crippen LogP contribution >= 0.6 is 0 Å². The van der Waals surface area contributed by atoms with E-state index in [2.05, 4.69) is 17.6 Å². The number of urea groups is 1. The van der Waals surface area contributed by atoms with Gasteiger partial charge in [-0.3, -0.25) is 0 Å². The first kappa shape index (κ1) is 13.3. The van der Waals surface area contributed by atoms with E-state index in [4.69, 9.17) is 5.11 Å². The van der Waals surface area contributed by atoms with Gasteiger partial charge in [0.2, 0.25) is 0 Å². The van der Waals surface area contributed by atoms with Crippen LogP contribution in [0.1, 0.15) is 46.0 Å². The zero-order valence-electron chi connectivity index (χ0n) is 10.3. The van der Waals surface area contributed by atoms with Gasteiger partial charge in [-0.2, -0.15) is 0 Å². The summed E-state index contributed by atoms with van der Waals surface area (Å²) >= 11 is 0. The minimum absolute atomic E-state index is 0.0970. The molecule has 1 saturated carbocycles. The van der Waals surface area contributed by atoms with Crippen molar-refractivity contribution in [3.63, 3.8) is 0 Å². The number of rotatable bonds is 4. The van der Waals surface area contributed by atoms with E-state index < -0.39 is 0 Å². The molecule has 1 fully saturated rings. The predicted octanol–water partition coefficient (Wildman–Crippen LogP) is 1.64. The molecule has 0 heterocycles. The maximum atomic E-state index is 11.5. The Morgan fingerprint density at radius 3 is 2.56 bits per heavy atom. The summed E-state index contributed by atoms with van der Waals surface area (Å²) in [6.45, 7) is 4.52. The molecule has 0 aromatic rings. The van der Waals surface area contributed by atoms with Crippen LogP contribution < -0.4 is 10.6 Å². The van der Waals surface area contributed by atoms with Crippen LogP contribution in [0.4, 0.5) is 4.79 Å². The minimum Gasteiger partial charge on any atom is -0.393 e. The third kappa shape index (κ3) is 5.35. The Balaban J connectivity index is 2.09. The number of carbonyl (C=O) groups excluding carboxylic acids is 1. The molecule has 0 radical (unpaired) electrons. The van der Waals surface area contributed by atoms with E-state index in [1.165, 1.54) is 12.8 Å². The van der Waals surface area contributed by atoms with E-state index in [1.54, 1.807) is 6.92 Å². The third-order valence-corrected chi connectivity index (χ3v) is 3.20.